The van der Waals surface area contributed by atoms with Crippen molar-refractivity contribution in [2.24, 2.45) is 14.1 Å². The summed E-state index contributed by atoms with van der Waals surface area (Å²) in [4.78, 5) is 39.0. The van der Waals surface area contributed by atoms with Crippen molar-refractivity contribution >= 4 is 28.8 Å². The van der Waals surface area contributed by atoms with Crippen molar-refractivity contribution in [3.8, 4) is 0 Å². The number of anilines is 2. The van der Waals surface area contributed by atoms with Gasteiger partial charge in [0.05, 0.1) is 0 Å². The summed E-state index contributed by atoms with van der Waals surface area (Å²) in [5.41, 5.74) is 1.69. The zero-order chi connectivity index (χ0) is 22.9. The molecule has 5 aromatic rings. The van der Waals surface area contributed by atoms with E-state index in [1.54, 1.807) is 11.4 Å². The van der Waals surface area contributed by atoms with Crippen molar-refractivity contribution in [3.63, 3.8) is 0 Å². The van der Waals surface area contributed by atoms with Crippen LogP contribution in [0.5, 0.6) is 0 Å². The number of hydrogen-bond donors (Lipinski definition) is 2. The van der Waals surface area contributed by atoms with Gasteiger partial charge in [0.1, 0.15) is 0 Å². The van der Waals surface area contributed by atoms with E-state index < -0.39 is 11.2 Å². The Hall–Kier alpha value is -4.47. The summed E-state index contributed by atoms with van der Waals surface area (Å²) < 4.78 is 3.95. The molecule has 0 saturated carbocycles. The van der Waals surface area contributed by atoms with Gasteiger partial charge in [-0.15, -0.1) is 0 Å². The van der Waals surface area contributed by atoms with E-state index in [1.165, 1.54) is 11.6 Å². The molecule has 0 unspecified atom stereocenters. The zero-order valence-corrected chi connectivity index (χ0v) is 18.2. The number of nitrogens with one attached hydrogen (secondary N) is 2. The summed E-state index contributed by atoms with van der Waals surface area (Å²) in [5, 5.41) is 6.52. The number of imidazole rings is 1. The van der Waals surface area contributed by atoms with Gasteiger partial charge >= 0.3 is 5.69 Å². The molecule has 3 aromatic heterocycles. The highest BCUT2D eigenvalue weighted by Crippen LogP contribution is 2.18. The van der Waals surface area contributed by atoms with E-state index in [0.29, 0.717) is 25.0 Å². The van der Waals surface area contributed by atoms with Crippen molar-refractivity contribution < 1.29 is 0 Å². The van der Waals surface area contributed by atoms with Crippen LogP contribution in [0.1, 0.15) is 11.1 Å². The largest absolute Gasteiger partial charge is 0.351 e. The number of aryl methyl sites for hydroxylation is 1. The monoisotopic (exact) mass is 442 g/mol. The van der Waals surface area contributed by atoms with Crippen LogP contribution in [0.15, 0.2) is 70.3 Å². The number of benzene rings is 2. The zero-order valence-electron chi connectivity index (χ0n) is 18.2. The van der Waals surface area contributed by atoms with Crippen molar-refractivity contribution in [3.05, 3.63) is 92.6 Å². The Morgan fingerprint density at radius 2 is 1.36 bits per heavy atom. The molecule has 0 fully saturated rings. The normalized spacial score (nSPS) is 11.2. The van der Waals surface area contributed by atoms with Crippen LogP contribution in [0.3, 0.4) is 0 Å². The van der Waals surface area contributed by atoms with Gasteiger partial charge in [-0.3, -0.25) is 13.9 Å². The molecule has 0 bridgehead atoms. The molecule has 33 heavy (non-hydrogen) atoms. The molecule has 5 rings (SSSR count). The first-order valence-electron chi connectivity index (χ1n) is 10.4. The Balaban J connectivity index is 1.65. The van der Waals surface area contributed by atoms with Gasteiger partial charge in [-0.05, 0) is 11.1 Å². The average Bonchev–Trinajstić information content (AvgIpc) is 3.24. The number of rotatable bonds is 6. The fraction of sp³-hybridized carbons (Fsp3) is 0.174. The van der Waals surface area contributed by atoms with Crippen LogP contribution in [0.4, 0.5) is 11.9 Å². The molecule has 0 saturated heterocycles. The van der Waals surface area contributed by atoms with Crippen LogP contribution in [-0.4, -0.2) is 28.5 Å². The van der Waals surface area contributed by atoms with Crippen molar-refractivity contribution in [2.75, 3.05) is 10.6 Å². The fourth-order valence-corrected chi connectivity index (χ4v) is 3.68. The standard InChI is InChI=1S/C23H22N8O2/c1-29-18-17(19(32)30(2)23(29)33)31-21(25-14-16-11-7-4-8-12-16)27-20(28-22(31)26-18)24-13-15-9-5-3-6-10-15/h3-12H,13-14H2,1-2H3,(H2,24,25,26,27,28). The molecule has 3 heterocycles. The Bertz CT molecular complexity index is 1570. The van der Waals surface area contributed by atoms with Crippen LogP contribution in [0, 0.1) is 0 Å². The van der Waals surface area contributed by atoms with E-state index in [2.05, 4.69) is 25.6 Å². The minimum Gasteiger partial charge on any atom is -0.351 e. The molecule has 10 nitrogen and oxygen atoms in total. The van der Waals surface area contributed by atoms with E-state index in [0.717, 1.165) is 15.7 Å². The molecule has 0 atom stereocenters. The van der Waals surface area contributed by atoms with Crippen molar-refractivity contribution in [2.45, 2.75) is 13.1 Å². The highest BCUT2D eigenvalue weighted by molar-refractivity contribution is 5.77. The van der Waals surface area contributed by atoms with Crippen molar-refractivity contribution in [1.82, 2.24) is 28.5 Å². The van der Waals surface area contributed by atoms with E-state index in [9.17, 15) is 9.59 Å². The lowest BCUT2D eigenvalue weighted by Gasteiger charge is -2.11. The van der Waals surface area contributed by atoms with Gasteiger partial charge in [0.15, 0.2) is 11.2 Å². The van der Waals surface area contributed by atoms with Crippen LogP contribution in [-0.2, 0) is 27.2 Å². The maximum absolute atomic E-state index is 13.0. The molecule has 166 valence electrons. The summed E-state index contributed by atoms with van der Waals surface area (Å²) in [5.74, 6) is 1.03. The quantitative estimate of drug-likeness (QED) is 0.413. The molecule has 0 spiro atoms. The van der Waals surface area contributed by atoms with Gasteiger partial charge in [0, 0.05) is 27.2 Å². The molecule has 10 heteroatoms. The fourth-order valence-electron chi connectivity index (χ4n) is 3.68. The highest BCUT2D eigenvalue weighted by atomic mass is 16.2. The predicted octanol–water partition coefficient (Wildman–Crippen LogP) is 1.90. The second-order valence-corrected chi connectivity index (χ2v) is 7.67. The summed E-state index contributed by atoms with van der Waals surface area (Å²) in [7, 11) is 3.02. The summed E-state index contributed by atoms with van der Waals surface area (Å²) in [6.45, 7) is 1.01. The number of nitrogens with zero attached hydrogens (tertiary/aromatic N) is 6. The van der Waals surface area contributed by atoms with Gasteiger partial charge in [0.25, 0.3) is 5.56 Å². The molecular weight excluding hydrogens is 420 g/mol. The lowest BCUT2D eigenvalue weighted by Crippen LogP contribution is -2.37. The molecule has 0 aliphatic carbocycles. The molecule has 0 amide bonds. The Morgan fingerprint density at radius 3 is 2.00 bits per heavy atom. The molecule has 0 radical (unpaired) electrons. The minimum atomic E-state index is -0.461. The Morgan fingerprint density at radius 1 is 0.758 bits per heavy atom. The summed E-state index contributed by atoms with van der Waals surface area (Å²) >= 11 is 0. The van der Waals surface area contributed by atoms with Gasteiger partial charge in [-0.2, -0.15) is 15.0 Å². The van der Waals surface area contributed by atoms with Crippen LogP contribution < -0.4 is 21.9 Å². The topological polar surface area (TPSA) is 111 Å². The van der Waals surface area contributed by atoms with E-state index in [-0.39, 0.29) is 16.9 Å². The SMILES string of the molecule is Cn1c(=O)c2c(nc3nc(NCc4ccccc4)nc(NCc4ccccc4)n32)n(C)c1=O. The lowest BCUT2D eigenvalue weighted by atomic mass is 10.2. The number of hydrogen-bond acceptors (Lipinski definition) is 7. The predicted molar refractivity (Wildman–Crippen MR) is 126 cm³/mol. The Labute approximate surface area is 188 Å². The van der Waals surface area contributed by atoms with Crippen LogP contribution in [0.2, 0.25) is 0 Å². The number of aromatic nitrogens is 6. The van der Waals surface area contributed by atoms with Crippen molar-refractivity contribution in [1.29, 1.82) is 0 Å². The van der Waals surface area contributed by atoms with Gasteiger partial charge < -0.3 is 10.6 Å². The third kappa shape index (κ3) is 3.71. The van der Waals surface area contributed by atoms with E-state index >= 15 is 0 Å². The molecule has 0 aliphatic heterocycles. The van der Waals surface area contributed by atoms with Gasteiger partial charge in [-0.1, -0.05) is 60.7 Å². The second-order valence-electron chi connectivity index (χ2n) is 7.67. The first-order chi connectivity index (χ1) is 16.0. The van der Waals surface area contributed by atoms with Gasteiger partial charge in [0.2, 0.25) is 17.7 Å². The minimum absolute atomic E-state index is 0.236. The van der Waals surface area contributed by atoms with E-state index in [4.69, 9.17) is 0 Å². The summed E-state index contributed by atoms with van der Waals surface area (Å²) in [6, 6.07) is 19.7. The molecular formula is C23H22N8O2. The van der Waals surface area contributed by atoms with Crippen LogP contribution >= 0.6 is 0 Å². The Kier molecular flexibility index (Phi) is 5.09. The number of fused-ring (bicyclic) bond motifs is 3. The van der Waals surface area contributed by atoms with E-state index in [1.807, 2.05) is 60.7 Å². The highest BCUT2D eigenvalue weighted by Gasteiger charge is 2.20. The van der Waals surface area contributed by atoms with Gasteiger partial charge in [-0.25, -0.2) is 9.20 Å². The molecule has 0 aliphatic rings. The maximum Gasteiger partial charge on any atom is 0.332 e. The third-order valence-electron chi connectivity index (χ3n) is 5.46. The second kappa shape index (κ2) is 8.23. The maximum atomic E-state index is 13.0. The molecule has 2 N–H and O–H groups in total. The first kappa shape index (κ1) is 20.4. The first-order valence-corrected chi connectivity index (χ1v) is 10.4. The smallest absolute Gasteiger partial charge is 0.332 e. The van der Waals surface area contributed by atoms with Crippen LogP contribution in [0.25, 0.3) is 16.9 Å². The lowest BCUT2D eigenvalue weighted by molar-refractivity contribution is 0.708. The average molecular weight is 442 g/mol. The third-order valence-corrected chi connectivity index (χ3v) is 5.46. The molecule has 2 aromatic carbocycles. The summed E-state index contributed by atoms with van der Waals surface area (Å²) in [6.07, 6.45) is 0.